The van der Waals surface area contributed by atoms with Crippen LogP contribution >= 0.6 is 0 Å². The quantitative estimate of drug-likeness (QED) is 0.382. The minimum atomic E-state index is -0.931. The van der Waals surface area contributed by atoms with Crippen LogP contribution in [-0.4, -0.2) is 38.8 Å². The Balaban J connectivity index is 1.65. The third-order valence-electron chi connectivity index (χ3n) is 5.16. The monoisotopic (exact) mass is 420 g/mol. The molecular formula is C22H20N4O5. The lowest BCUT2D eigenvalue weighted by molar-refractivity contribution is -0.135. The molecule has 4 rings (SSSR count). The van der Waals surface area contributed by atoms with Crippen molar-refractivity contribution in [2.24, 2.45) is 4.99 Å². The molecule has 1 aliphatic heterocycles. The minimum absolute atomic E-state index is 0.0946. The second-order valence-corrected chi connectivity index (χ2v) is 7.31. The van der Waals surface area contributed by atoms with E-state index in [4.69, 9.17) is 0 Å². The number of rotatable bonds is 3. The number of urea groups is 1. The Bertz CT molecular complexity index is 1230. The van der Waals surface area contributed by atoms with Crippen LogP contribution in [0.5, 0.6) is 11.8 Å². The molecule has 1 fully saturated rings. The van der Waals surface area contributed by atoms with Crippen LogP contribution in [-0.2, 0) is 9.59 Å². The summed E-state index contributed by atoms with van der Waals surface area (Å²) >= 11 is 0. The average Bonchev–Trinajstić information content (AvgIpc) is 2.99. The number of hydrogen-bond acceptors (Lipinski definition) is 5. The Hall–Kier alpha value is -4.14. The molecular weight excluding hydrogens is 400 g/mol. The molecule has 1 unspecified atom stereocenters. The van der Waals surface area contributed by atoms with E-state index in [0.717, 1.165) is 10.1 Å². The van der Waals surface area contributed by atoms with Gasteiger partial charge in [-0.1, -0.05) is 29.8 Å². The number of carbonyl (C=O) groups excluding carboxylic acids is 3. The average molecular weight is 420 g/mol. The standard InChI is InChI=1S/C22H20N4O5/c1-12-5-7-14(8-6-12)24-22(31)23-11-13-3-2-4-15-18(13)21(30)26(20(15)29)16-9-10-17(27)25-19(16)28/h2-8,11,16,29-30H,9-10H2,1H3,(H,24,31)(H,25,27,28). The van der Waals surface area contributed by atoms with Crippen molar-refractivity contribution >= 4 is 40.5 Å². The Labute approximate surface area is 177 Å². The number of anilines is 1. The molecule has 0 radical (unpaired) electrons. The molecule has 0 bridgehead atoms. The van der Waals surface area contributed by atoms with Gasteiger partial charge >= 0.3 is 6.03 Å². The first kappa shape index (κ1) is 20.1. The minimum Gasteiger partial charge on any atom is -0.494 e. The summed E-state index contributed by atoms with van der Waals surface area (Å²) in [6, 6.07) is 10.5. The summed E-state index contributed by atoms with van der Waals surface area (Å²) in [5.41, 5.74) is 2.04. The Morgan fingerprint density at radius 1 is 1.16 bits per heavy atom. The molecule has 2 aromatic carbocycles. The maximum Gasteiger partial charge on any atom is 0.345 e. The third kappa shape index (κ3) is 3.85. The van der Waals surface area contributed by atoms with Crippen molar-refractivity contribution < 1.29 is 24.6 Å². The molecule has 1 atom stereocenters. The molecule has 1 aliphatic rings. The van der Waals surface area contributed by atoms with Gasteiger partial charge in [0.15, 0.2) is 0 Å². The highest BCUT2D eigenvalue weighted by Crippen LogP contribution is 2.41. The van der Waals surface area contributed by atoms with E-state index in [1.165, 1.54) is 6.21 Å². The number of amides is 4. The van der Waals surface area contributed by atoms with Crippen LogP contribution in [0.4, 0.5) is 10.5 Å². The number of fused-ring (bicyclic) bond motifs is 1. The fraction of sp³-hybridized carbons (Fsp3) is 0.182. The summed E-state index contributed by atoms with van der Waals surface area (Å²) in [6.45, 7) is 1.94. The summed E-state index contributed by atoms with van der Waals surface area (Å²) in [6.07, 6.45) is 1.52. The molecule has 4 N–H and O–H groups in total. The van der Waals surface area contributed by atoms with E-state index in [2.05, 4.69) is 15.6 Å². The van der Waals surface area contributed by atoms with Crippen LogP contribution in [0.15, 0.2) is 47.5 Å². The summed E-state index contributed by atoms with van der Waals surface area (Å²) < 4.78 is 1.09. The normalized spacial score (nSPS) is 16.6. The van der Waals surface area contributed by atoms with Crippen LogP contribution in [0.3, 0.4) is 0 Å². The predicted octanol–water partition coefficient (Wildman–Crippen LogP) is 2.99. The predicted molar refractivity (Wildman–Crippen MR) is 114 cm³/mol. The van der Waals surface area contributed by atoms with Crippen molar-refractivity contribution in [3.63, 3.8) is 0 Å². The lowest BCUT2D eigenvalue weighted by Gasteiger charge is -2.23. The second-order valence-electron chi connectivity index (χ2n) is 7.31. The van der Waals surface area contributed by atoms with Gasteiger partial charge in [0.05, 0.1) is 5.39 Å². The zero-order valence-corrected chi connectivity index (χ0v) is 16.6. The number of piperidine rings is 1. The number of hydrogen-bond donors (Lipinski definition) is 4. The number of aromatic hydroxyl groups is 2. The Morgan fingerprint density at radius 3 is 2.61 bits per heavy atom. The number of aliphatic imine (C=N–C) groups is 1. The van der Waals surface area contributed by atoms with E-state index in [0.29, 0.717) is 16.6 Å². The smallest absolute Gasteiger partial charge is 0.345 e. The largest absolute Gasteiger partial charge is 0.494 e. The van der Waals surface area contributed by atoms with E-state index < -0.39 is 23.9 Å². The van der Waals surface area contributed by atoms with Gasteiger partial charge in [0.25, 0.3) is 0 Å². The van der Waals surface area contributed by atoms with Gasteiger partial charge in [-0.25, -0.2) is 9.79 Å². The second kappa shape index (κ2) is 7.94. The Kier molecular flexibility index (Phi) is 5.16. The van der Waals surface area contributed by atoms with Crippen molar-refractivity contribution in [1.29, 1.82) is 0 Å². The van der Waals surface area contributed by atoms with Crippen LogP contribution < -0.4 is 10.6 Å². The van der Waals surface area contributed by atoms with Gasteiger partial charge < -0.3 is 15.5 Å². The van der Waals surface area contributed by atoms with Gasteiger partial charge in [0.2, 0.25) is 23.6 Å². The highest BCUT2D eigenvalue weighted by molar-refractivity contribution is 6.09. The zero-order chi connectivity index (χ0) is 22.1. The van der Waals surface area contributed by atoms with Crippen molar-refractivity contribution in [3.05, 3.63) is 53.6 Å². The van der Waals surface area contributed by atoms with Gasteiger partial charge in [-0.05, 0) is 31.5 Å². The summed E-state index contributed by atoms with van der Waals surface area (Å²) in [5.74, 6) is -1.65. The number of carbonyl (C=O) groups is 3. The van der Waals surface area contributed by atoms with Crippen molar-refractivity contribution in [1.82, 2.24) is 9.88 Å². The number of aryl methyl sites for hydroxylation is 1. The van der Waals surface area contributed by atoms with Crippen molar-refractivity contribution in [2.75, 3.05) is 5.32 Å². The van der Waals surface area contributed by atoms with E-state index in [1.807, 2.05) is 19.1 Å². The number of nitrogens with one attached hydrogen (secondary N) is 2. The molecule has 1 saturated heterocycles. The van der Waals surface area contributed by atoms with Crippen LogP contribution in [0.2, 0.25) is 0 Å². The summed E-state index contributed by atoms with van der Waals surface area (Å²) in [5, 5.41) is 26.8. The van der Waals surface area contributed by atoms with Crippen LogP contribution in [0, 0.1) is 6.92 Å². The van der Waals surface area contributed by atoms with Gasteiger partial charge in [-0.2, -0.15) is 0 Å². The number of benzene rings is 2. The fourth-order valence-electron chi connectivity index (χ4n) is 3.61. The van der Waals surface area contributed by atoms with Gasteiger partial charge in [0, 0.05) is 29.3 Å². The maximum atomic E-state index is 12.2. The third-order valence-corrected chi connectivity index (χ3v) is 5.16. The molecule has 0 aliphatic carbocycles. The van der Waals surface area contributed by atoms with Gasteiger partial charge in [-0.15, -0.1) is 0 Å². The van der Waals surface area contributed by atoms with Crippen molar-refractivity contribution in [2.45, 2.75) is 25.8 Å². The molecule has 4 amide bonds. The zero-order valence-electron chi connectivity index (χ0n) is 16.6. The number of imide groups is 1. The Morgan fingerprint density at radius 2 is 1.90 bits per heavy atom. The molecule has 0 spiro atoms. The molecule has 0 saturated carbocycles. The molecule has 2 heterocycles. The first-order valence-corrected chi connectivity index (χ1v) is 9.65. The SMILES string of the molecule is Cc1ccc(NC(=O)N=Cc2cccc3c(O)n(C4CCC(=O)NC4=O)c(O)c23)cc1. The number of aromatic nitrogens is 1. The topological polar surface area (TPSA) is 133 Å². The van der Waals surface area contributed by atoms with Crippen molar-refractivity contribution in [3.8, 4) is 11.8 Å². The first-order chi connectivity index (χ1) is 14.8. The van der Waals surface area contributed by atoms with E-state index in [1.54, 1.807) is 30.3 Å². The molecule has 9 heteroatoms. The van der Waals surface area contributed by atoms with Crippen LogP contribution in [0.25, 0.3) is 10.8 Å². The summed E-state index contributed by atoms with van der Waals surface area (Å²) in [4.78, 5) is 39.7. The lowest BCUT2D eigenvalue weighted by Crippen LogP contribution is -2.41. The molecule has 3 aromatic rings. The van der Waals surface area contributed by atoms with Crippen LogP contribution in [0.1, 0.15) is 30.0 Å². The highest BCUT2D eigenvalue weighted by Gasteiger charge is 2.33. The lowest BCUT2D eigenvalue weighted by atomic mass is 10.1. The maximum absolute atomic E-state index is 12.2. The molecule has 158 valence electrons. The summed E-state index contributed by atoms with van der Waals surface area (Å²) in [7, 11) is 0. The van der Waals surface area contributed by atoms with Gasteiger partial charge in [0.1, 0.15) is 6.04 Å². The molecule has 9 nitrogen and oxygen atoms in total. The highest BCUT2D eigenvalue weighted by atomic mass is 16.3. The van der Waals surface area contributed by atoms with E-state index >= 15 is 0 Å². The fourth-order valence-corrected chi connectivity index (χ4v) is 3.61. The molecule has 31 heavy (non-hydrogen) atoms. The van der Waals surface area contributed by atoms with Gasteiger partial charge in [-0.3, -0.25) is 19.5 Å². The van der Waals surface area contributed by atoms with E-state index in [-0.39, 0.29) is 30.0 Å². The number of nitrogens with zero attached hydrogens (tertiary/aromatic N) is 2. The van der Waals surface area contributed by atoms with E-state index in [9.17, 15) is 24.6 Å². The molecule has 1 aromatic heterocycles. The first-order valence-electron chi connectivity index (χ1n) is 9.65.